The maximum atomic E-state index is 9.32. The third-order valence-corrected chi connectivity index (χ3v) is 6.55. The van der Waals surface area contributed by atoms with Crippen molar-refractivity contribution in [3.63, 3.8) is 0 Å². The molecule has 29 heavy (non-hydrogen) atoms. The number of aromatic nitrogens is 2. The van der Waals surface area contributed by atoms with E-state index in [9.17, 15) is 5.11 Å². The first-order valence-electron chi connectivity index (χ1n) is 10.9. The minimum atomic E-state index is 0.224. The van der Waals surface area contributed by atoms with Gasteiger partial charge in [0.15, 0.2) is 0 Å². The van der Waals surface area contributed by atoms with Crippen molar-refractivity contribution < 1.29 is 5.11 Å². The zero-order valence-electron chi connectivity index (χ0n) is 17.0. The van der Waals surface area contributed by atoms with Crippen molar-refractivity contribution in [3.8, 4) is 0 Å². The summed E-state index contributed by atoms with van der Waals surface area (Å²) in [7, 11) is 0. The topological polar surface area (TPSA) is 55.4 Å². The number of nitrogens with zero attached hydrogens (tertiary/aromatic N) is 3. The molecular formula is C24H30N4O. The standard InChI is InChI=1S/C24H30N4O/c29-11-10-28-9-7-21-5-3-20(14-24(21)28)17-27-8-1-2-19(16-27)12-18-4-6-23-22(13-18)15-25-26-23/h3-6,13-15,19,29H,1-2,7-12,16-17H2,(H,25,26). The molecule has 0 bridgehead atoms. The number of aliphatic hydroxyl groups is 1. The van der Waals surface area contributed by atoms with E-state index in [2.05, 4.69) is 56.4 Å². The van der Waals surface area contributed by atoms with E-state index >= 15 is 0 Å². The number of β-amino-alcohol motifs (C(OH)–C–C–N with tert-alkyl or cyclic N) is 1. The fraction of sp³-hybridized carbons (Fsp3) is 0.458. The number of hydrogen-bond donors (Lipinski definition) is 2. The van der Waals surface area contributed by atoms with Crippen molar-refractivity contribution in [3.05, 3.63) is 59.3 Å². The van der Waals surface area contributed by atoms with Crippen LogP contribution >= 0.6 is 0 Å². The molecule has 152 valence electrons. The van der Waals surface area contributed by atoms with E-state index in [1.807, 2.05) is 6.20 Å². The summed E-state index contributed by atoms with van der Waals surface area (Å²) >= 11 is 0. The van der Waals surface area contributed by atoms with Crippen LogP contribution in [-0.4, -0.2) is 53.0 Å². The lowest BCUT2D eigenvalue weighted by Gasteiger charge is -2.33. The van der Waals surface area contributed by atoms with Crippen molar-refractivity contribution >= 4 is 16.6 Å². The first-order chi connectivity index (χ1) is 14.3. The van der Waals surface area contributed by atoms with Gasteiger partial charge in [-0.15, -0.1) is 0 Å². The van der Waals surface area contributed by atoms with Crippen LogP contribution in [0.3, 0.4) is 0 Å². The molecule has 1 saturated heterocycles. The number of piperidine rings is 1. The molecule has 3 aromatic rings. The molecule has 0 amide bonds. The lowest BCUT2D eigenvalue weighted by Crippen LogP contribution is -2.35. The van der Waals surface area contributed by atoms with Crippen LogP contribution in [0, 0.1) is 5.92 Å². The van der Waals surface area contributed by atoms with Crippen molar-refractivity contribution in [1.82, 2.24) is 15.1 Å². The van der Waals surface area contributed by atoms with Gasteiger partial charge in [-0.05, 0) is 73.0 Å². The number of H-pyrrole nitrogens is 1. The van der Waals surface area contributed by atoms with Crippen LogP contribution in [0.15, 0.2) is 42.6 Å². The molecule has 1 unspecified atom stereocenters. The van der Waals surface area contributed by atoms with Crippen LogP contribution in [0.1, 0.15) is 29.5 Å². The molecule has 5 heteroatoms. The lowest BCUT2D eigenvalue weighted by atomic mass is 9.90. The second-order valence-electron chi connectivity index (χ2n) is 8.66. The van der Waals surface area contributed by atoms with E-state index in [-0.39, 0.29) is 6.61 Å². The quantitative estimate of drug-likeness (QED) is 0.678. The second kappa shape index (κ2) is 8.17. The van der Waals surface area contributed by atoms with Gasteiger partial charge in [0, 0.05) is 37.3 Å². The number of hydrogen-bond acceptors (Lipinski definition) is 4. The van der Waals surface area contributed by atoms with Gasteiger partial charge < -0.3 is 10.0 Å². The van der Waals surface area contributed by atoms with Crippen LogP contribution in [0.5, 0.6) is 0 Å². The van der Waals surface area contributed by atoms with Crippen LogP contribution in [0.2, 0.25) is 0 Å². The zero-order valence-corrected chi connectivity index (χ0v) is 17.0. The third-order valence-electron chi connectivity index (χ3n) is 6.55. The molecule has 0 aliphatic carbocycles. The first-order valence-corrected chi connectivity index (χ1v) is 10.9. The summed E-state index contributed by atoms with van der Waals surface area (Å²) in [4.78, 5) is 4.95. The summed E-state index contributed by atoms with van der Waals surface area (Å²) in [6.07, 6.45) is 6.75. The van der Waals surface area contributed by atoms with Gasteiger partial charge in [-0.2, -0.15) is 5.10 Å². The molecule has 5 rings (SSSR count). The van der Waals surface area contributed by atoms with Crippen LogP contribution < -0.4 is 4.90 Å². The van der Waals surface area contributed by atoms with Crippen molar-refractivity contribution in [1.29, 1.82) is 0 Å². The number of aliphatic hydroxyl groups excluding tert-OH is 1. The Kier molecular flexibility index (Phi) is 5.25. The highest BCUT2D eigenvalue weighted by atomic mass is 16.3. The fourth-order valence-electron chi connectivity index (χ4n) is 5.11. The number of likely N-dealkylation sites (tertiary alicyclic amines) is 1. The van der Waals surface area contributed by atoms with E-state index in [1.54, 1.807) is 0 Å². The normalized spacial score (nSPS) is 19.8. The van der Waals surface area contributed by atoms with Crippen molar-refractivity contribution in [2.75, 3.05) is 37.7 Å². The molecule has 0 radical (unpaired) electrons. The number of anilines is 1. The minimum absolute atomic E-state index is 0.224. The Morgan fingerprint density at radius 1 is 1.10 bits per heavy atom. The second-order valence-corrected chi connectivity index (χ2v) is 8.66. The predicted octanol–water partition coefficient (Wildman–Crippen LogP) is 3.37. The highest BCUT2D eigenvalue weighted by Crippen LogP contribution is 2.30. The summed E-state index contributed by atoms with van der Waals surface area (Å²) in [5, 5.41) is 17.7. The summed E-state index contributed by atoms with van der Waals surface area (Å²) in [5.74, 6) is 0.716. The Hall–Kier alpha value is -2.37. The Morgan fingerprint density at radius 3 is 2.97 bits per heavy atom. The average molecular weight is 391 g/mol. The van der Waals surface area contributed by atoms with Crippen LogP contribution in [-0.2, 0) is 19.4 Å². The van der Waals surface area contributed by atoms with Crippen molar-refractivity contribution in [2.24, 2.45) is 5.92 Å². The van der Waals surface area contributed by atoms with E-state index in [4.69, 9.17) is 0 Å². The maximum absolute atomic E-state index is 9.32. The van der Waals surface area contributed by atoms with Gasteiger partial charge in [0.25, 0.3) is 0 Å². The van der Waals surface area contributed by atoms with Crippen molar-refractivity contribution in [2.45, 2.75) is 32.2 Å². The monoisotopic (exact) mass is 390 g/mol. The number of benzene rings is 2. The molecule has 5 nitrogen and oxygen atoms in total. The number of rotatable bonds is 6. The molecule has 1 atom stereocenters. The highest BCUT2D eigenvalue weighted by molar-refractivity contribution is 5.78. The summed E-state index contributed by atoms with van der Waals surface area (Å²) < 4.78 is 0. The van der Waals surface area contributed by atoms with Gasteiger partial charge >= 0.3 is 0 Å². The largest absolute Gasteiger partial charge is 0.395 e. The molecule has 2 N–H and O–H groups in total. The Labute approximate surface area is 172 Å². The Morgan fingerprint density at radius 2 is 2.03 bits per heavy atom. The molecule has 2 aliphatic heterocycles. The summed E-state index contributed by atoms with van der Waals surface area (Å²) in [5.41, 5.74) is 6.69. The van der Waals surface area contributed by atoms with Crippen LogP contribution in [0.4, 0.5) is 5.69 Å². The number of fused-ring (bicyclic) bond motifs is 2. The zero-order chi connectivity index (χ0) is 19.6. The smallest absolute Gasteiger partial charge is 0.0650 e. The average Bonchev–Trinajstić information content (AvgIpc) is 3.35. The molecule has 0 saturated carbocycles. The fourth-order valence-corrected chi connectivity index (χ4v) is 5.11. The van der Waals surface area contributed by atoms with Gasteiger partial charge in [-0.3, -0.25) is 10.00 Å². The first kappa shape index (κ1) is 18.6. The third kappa shape index (κ3) is 4.02. The minimum Gasteiger partial charge on any atom is -0.395 e. The lowest BCUT2D eigenvalue weighted by molar-refractivity contribution is 0.167. The van der Waals surface area contributed by atoms with Gasteiger partial charge in [0.2, 0.25) is 0 Å². The molecule has 1 fully saturated rings. The summed E-state index contributed by atoms with van der Waals surface area (Å²) in [6, 6.07) is 13.6. The predicted molar refractivity (Wildman–Crippen MR) is 117 cm³/mol. The molecule has 2 aliphatic rings. The van der Waals surface area contributed by atoms with Crippen LogP contribution in [0.25, 0.3) is 10.9 Å². The molecular weight excluding hydrogens is 360 g/mol. The van der Waals surface area contributed by atoms with Gasteiger partial charge in [-0.25, -0.2) is 0 Å². The summed E-state index contributed by atoms with van der Waals surface area (Å²) in [6.45, 7) is 5.38. The van der Waals surface area contributed by atoms with E-state index in [0.717, 1.165) is 38.0 Å². The van der Waals surface area contributed by atoms with Gasteiger partial charge in [-0.1, -0.05) is 18.2 Å². The number of aromatic amines is 1. The highest BCUT2D eigenvalue weighted by Gasteiger charge is 2.22. The molecule has 1 aromatic heterocycles. The van der Waals surface area contributed by atoms with Gasteiger partial charge in [0.05, 0.1) is 18.3 Å². The van der Waals surface area contributed by atoms with E-state index in [0.29, 0.717) is 5.92 Å². The van der Waals surface area contributed by atoms with E-state index < -0.39 is 0 Å². The number of nitrogens with one attached hydrogen (secondary N) is 1. The maximum Gasteiger partial charge on any atom is 0.0650 e. The Bertz CT molecular complexity index is 980. The molecule has 2 aromatic carbocycles. The molecule has 0 spiro atoms. The van der Waals surface area contributed by atoms with E-state index in [1.165, 1.54) is 53.7 Å². The van der Waals surface area contributed by atoms with Gasteiger partial charge in [0.1, 0.15) is 0 Å². The molecule has 3 heterocycles. The Balaban J connectivity index is 1.24. The SMILES string of the molecule is OCCN1CCc2ccc(CN3CCCC(Cc4ccc5[nH]ncc5c4)C3)cc21.